The van der Waals surface area contributed by atoms with Gasteiger partial charge in [-0.3, -0.25) is 0 Å². The molecule has 0 amide bonds. The smallest absolute Gasteiger partial charge is 0.253 e. The van der Waals surface area contributed by atoms with Crippen LogP contribution in [0, 0.1) is 0 Å². The Labute approximate surface area is 118 Å². The highest BCUT2D eigenvalue weighted by Gasteiger charge is 2.09. The summed E-state index contributed by atoms with van der Waals surface area (Å²) in [5.41, 5.74) is 0.784. The van der Waals surface area contributed by atoms with Gasteiger partial charge in [-0.15, -0.1) is 0 Å². The molecule has 17 heavy (non-hydrogen) atoms. The first kappa shape index (κ1) is 12.8. The first-order valence-electron chi connectivity index (χ1n) is 4.54. The number of benzene rings is 1. The summed E-state index contributed by atoms with van der Waals surface area (Å²) in [4.78, 5) is 6.47. The Kier molecular flexibility index (Phi) is 4.05. The Morgan fingerprint density at radius 2 is 1.94 bits per heavy atom. The van der Waals surface area contributed by atoms with Gasteiger partial charge in [-0.25, -0.2) is 0 Å². The molecule has 2 rings (SSSR count). The van der Waals surface area contributed by atoms with E-state index in [1.807, 2.05) is 0 Å². The topological polar surface area (TPSA) is 37.9 Å². The maximum atomic E-state index is 5.99. The summed E-state index contributed by atoms with van der Waals surface area (Å²) in [5.74, 6) is 0.239. The van der Waals surface area contributed by atoms with Crippen LogP contribution in [-0.4, -0.2) is 9.97 Å². The lowest BCUT2D eigenvalue weighted by Crippen LogP contribution is -1.96. The number of rotatable bonds is 3. The molecule has 0 fully saturated rings. The van der Waals surface area contributed by atoms with Crippen LogP contribution in [-0.2, 0) is 6.61 Å². The van der Waals surface area contributed by atoms with Gasteiger partial charge in [0.15, 0.2) is 5.15 Å². The van der Waals surface area contributed by atoms with E-state index in [1.54, 1.807) is 18.2 Å². The second-order valence-electron chi connectivity index (χ2n) is 3.17. The summed E-state index contributed by atoms with van der Waals surface area (Å²) in [6.45, 7) is 0.233. The number of halogens is 4. The second kappa shape index (κ2) is 5.36. The van der Waals surface area contributed by atoms with Crippen LogP contribution in [0.2, 0.25) is 20.5 Å². The minimum Gasteiger partial charge on any atom is -0.471 e. The molecule has 0 saturated heterocycles. The van der Waals surface area contributed by atoms with E-state index in [2.05, 4.69) is 9.97 Å². The van der Waals surface area contributed by atoms with E-state index in [-0.39, 0.29) is 22.9 Å². The van der Waals surface area contributed by atoms with Gasteiger partial charge in [-0.2, -0.15) is 4.98 Å². The van der Waals surface area contributed by atoms with Crippen molar-refractivity contribution in [3.63, 3.8) is 0 Å². The SMILES string of the molecule is Clc1ccc(COc2nc(Cl)[nH]c2Cl)c(Cl)c1. The highest BCUT2D eigenvalue weighted by Crippen LogP contribution is 2.26. The summed E-state index contributed by atoms with van der Waals surface area (Å²) >= 11 is 23.2. The van der Waals surface area contributed by atoms with Crippen LogP contribution in [0.15, 0.2) is 18.2 Å². The third kappa shape index (κ3) is 3.19. The standard InChI is InChI=1S/C10H6Cl4N2O/c11-6-2-1-5(7(12)3-6)4-17-9-8(13)15-10(14)16-9/h1-3H,4H2,(H,15,16). The first-order chi connectivity index (χ1) is 8.06. The Hall–Kier alpha value is -0.610. The predicted octanol–water partition coefficient (Wildman–Crippen LogP) is 4.60. The maximum Gasteiger partial charge on any atom is 0.253 e. The summed E-state index contributed by atoms with van der Waals surface area (Å²) in [6.07, 6.45) is 0. The summed E-state index contributed by atoms with van der Waals surface area (Å²) in [5, 5.41) is 1.52. The number of aromatic amines is 1. The second-order valence-corrected chi connectivity index (χ2v) is 4.75. The molecule has 7 heteroatoms. The van der Waals surface area contributed by atoms with E-state index in [0.29, 0.717) is 10.0 Å². The van der Waals surface area contributed by atoms with Gasteiger partial charge < -0.3 is 9.72 Å². The van der Waals surface area contributed by atoms with E-state index < -0.39 is 0 Å². The molecule has 1 heterocycles. The van der Waals surface area contributed by atoms with Crippen LogP contribution in [0.25, 0.3) is 0 Å². The fourth-order valence-electron chi connectivity index (χ4n) is 1.19. The third-order valence-electron chi connectivity index (χ3n) is 1.98. The Morgan fingerprint density at radius 3 is 2.53 bits per heavy atom. The molecule has 0 aliphatic rings. The van der Waals surface area contributed by atoms with Crippen molar-refractivity contribution in [2.75, 3.05) is 0 Å². The fraction of sp³-hybridized carbons (Fsp3) is 0.100. The van der Waals surface area contributed by atoms with Crippen LogP contribution < -0.4 is 4.74 Å². The van der Waals surface area contributed by atoms with Crippen molar-refractivity contribution in [1.29, 1.82) is 0 Å². The van der Waals surface area contributed by atoms with Crippen molar-refractivity contribution < 1.29 is 4.74 Å². The van der Waals surface area contributed by atoms with Crippen LogP contribution in [0.5, 0.6) is 5.88 Å². The number of imidazole rings is 1. The fourth-order valence-corrected chi connectivity index (χ4v) is 2.06. The average Bonchev–Trinajstić information content (AvgIpc) is 2.56. The molecule has 0 aliphatic carbocycles. The zero-order valence-corrected chi connectivity index (χ0v) is 11.3. The molecular formula is C10H6Cl4N2O. The van der Waals surface area contributed by atoms with Gasteiger partial charge in [0, 0.05) is 15.6 Å². The molecule has 0 spiro atoms. The van der Waals surface area contributed by atoms with Gasteiger partial charge in [0.1, 0.15) is 6.61 Å². The van der Waals surface area contributed by atoms with Crippen molar-refractivity contribution in [2.24, 2.45) is 0 Å². The zero-order chi connectivity index (χ0) is 12.4. The van der Waals surface area contributed by atoms with Crippen molar-refractivity contribution in [3.8, 4) is 5.88 Å². The summed E-state index contributed by atoms with van der Waals surface area (Å²) in [6, 6.07) is 5.14. The normalized spacial score (nSPS) is 10.6. The van der Waals surface area contributed by atoms with Gasteiger partial charge in [-0.1, -0.05) is 40.9 Å². The number of ether oxygens (including phenoxy) is 1. The first-order valence-corrected chi connectivity index (χ1v) is 6.05. The zero-order valence-electron chi connectivity index (χ0n) is 8.31. The highest BCUT2D eigenvalue weighted by molar-refractivity contribution is 6.35. The van der Waals surface area contributed by atoms with Crippen LogP contribution in [0.4, 0.5) is 0 Å². The molecule has 1 aromatic heterocycles. The number of H-pyrrole nitrogens is 1. The van der Waals surface area contributed by atoms with Gasteiger partial charge in [0.25, 0.3) is 5.88 Å². The van der Waals surface area contributed by atoms with Crippen LogP contribution >= 0.6 is 46.4 Å². The van der Waals surface area contributed by atoms with E-state index in [0.717, 1.165) is 5.56 Å². The molecule has 0 aliphatic heterocycles. The summed E-state index contributed by atoms with van der Waals surface area (Å²) < 4.78 is 5.38. The van der Waals surface area contributed by atoms with Crippen LogP contribution in [0.3, 0.4) is 0 Å². The van der Waals surface area contributed by atoms with E-state index in [1.165, 1.54) is 0 Å². The lowest BCUT2D eigenvalue weighted by Gasteiger charge is -2.05. The molecule has 0 atom stereocenters. The van der Waals surface area contributed by atoms with Gasteiger partial charge in [-0.05, 0) is 23.7 Å². The van der Waals surface area contributed by atoms with Crippen molar-refractivity contribution >= 4 is 46.4 Å². The average molecular weight is 312 g/mol. The molecule has 0 bridgehead atoms. The van der Waals surface area contributed by atoms with Gasteiger partial charge in [0.05, 0.1) is 0 Å². The number of hydrogen-bond acceptors (Lipinski definition) is 2. The quantitative estimate of drug-likeness (QED) is 0.899. The number of aromatic nitrogens is 2. The van der Waals surface area contributed by atoms with Gasteiger partial charge in [0.2, 0.25) is 5.28 Å². The molecule has 1 N–H and O–H groups in total. The van der Waals surface area contributed by atoms with Gasteiger partial charge >= 0.3 is 0 Å². The minimum absolute atomic E-state index is 0.173. The largest absolute Gasteiger partial charge is 0.471 e. The molecule has 90 valence electrons. The van der Waals surface area contributed by atoms with Crippen LogP contribution in [0.1, 0.15) is 5.56 Å². The van der Waals surface area contributed by atoms with E-state index >= 15 is 0 Å². The molecule has 2 aromatic rings. The van der Waals surface area contributed by atoms with E-state index in [9.17, 15) is 0 Å². The molecule has 1 aromatic carbocycles. The number of nitrogens with zero attached hydrogens (tertiary/aromatic N) is 1. The maximum absolute atomic E-state index is 5.99. The Bertz CT molecular complexity index is 541. The summed E-state index contributed by atoms with van der Waals surface area (Å²) in [7, 11) is 0. The highest BCUT2D eigenvalue weighted by atomic mass is 35.5. The van der Waals surface area contributed by atoms with Crippen molar-refractivity contribution in [3.05, 3.63) is 44.2 Å². The molecule has 3 nitrogen and oxygen atoms in total. The van der Waals surface area contributed by atoms with Crippen molar-refractivity contribution in [2.45, 2.75) is 6.61 Å². The Balaban J connectivity index is 2.10. The van der Waals surface area contributed by atoms with Crippen molar-refractivity contribution in [1.82, 2.24) is 9.97 Å². The molecule has 0 unspecified atom stereocenters. The third-order valence-corrected chi connectivity index (χ3v) is 3.00. The van der Waals surface area contributed by atoms with E-state index in [4.69, 9.17) is 51.1 Å². The molecule has 0 saturated carbocycles. The number of nitrogens with one attached hydrogen (secondary N) is 1. The monoisotopic (exact) mass is 310 g/mol. The molecular weight excluding hydrogens is 306 g/mol. The Morgan fingerprint density at radius 1 is 1.18 bits per heavy atom. The predicted molar refractivity (Wildman–Crippen MR) is 69.4 cm³/mol. The number of hydrogen-bond donors (Lipinski definition) is 1. The lowest BCUT2D eigenvalue weighted by molar-refractivity contribution is 0.295. The lowest BCUT2D eigenvalue weighted by atomic mass is 10.2. The molecule has 0 radical (unpaired) electrons. The minimum atomic E-state index is 0.173.